The molecule has 0 aromatic rings. The lowest BCUT2D eigenvalue weighted by molar-refractivity contribution is -0.146. The van der Waals surface area contributed by atoms with E-state index in [1.54, 1.807) is 0 Å². The summed E-state index contributed by atoms with van der Waals surface area (Å²) in [6.07, 6.45) is 3.81. The van der Waals surface area contributed by atoms with Gasteiger partial charge >= 0.3 is 5.97 Å². The van der Waals surface area contributed by atoms with Crippen LogP contribution in [-0.2, 0) is 9.53 Å². The van der Waals surface area contributed by atoms with Gasteiger partial charge in [-0.2, -0.15) is 0 Å². The lowest BCUT2D eigenvalue weighted by Crippen LogP contribution is -2.20. The molecule has 0 N–H and O–H groups in total. The molecule has 2 aliphatic carbocycles. The van der Waals surface area contributed by atoms with Crippen molar-refractivity contribution in [2.75, 3.05) is 0 Å². The fraction of sp³-hybridized carbons (Fsp3) is 0.909. The van der Waals surface area contributed by atoms with Crippen molar-refractivity contribution in [3.05, 3.63) is 10.4 Å². The first-order valence-electron chi connectivity index (χ1n) is 5.76. The van der Waals surface area contributed by atoms with Crippen LogP contribution in [0.1, 0.15) is 39.5 Å². The van der Waals surface area contributed by atoms with Crippen LogP contribution < -0.4 is 0 Å². The molecule has 0 aromatic heterocycles. The predicted molar refractivity (Wildman–Crippen MR) is 58.6 cm³/mol. The normalized spacial score (nSPS) is 41.2. The van der Waals surface area contributed by atoms with Gasteiger partial charge in [0.25, 0.3) is 0 Å². The zero-order valence-corrected chi connectivity index (χ0v) is 9.72. The van der Waals surface area contributed by atoms with E-state index in [1.165, 1.54) is 6.92 Å². The van der Waals surface area contributed by atoms with Crippen molar-refractivity contribution in [3.8, 4) is 0 Å². The van der Waals surface area contributed by atoms with Crippen LogP contribution in [0.5, 0.6) is 0 Å². The lowest BCUT2D eigenvalue weighted by Gasteiger charge is -2.19. The third-order valence-electron chi connectivity index (χ3n) is 3.82. The monoisotopic (exact) mass is 223 g/mol. The molecule has 0 aromatic carbocycles. The van der Waals surface area contributed by atoms with Gasteiger partial charge in [0.15, 0.2) is 0 Å². The zero-order chi connectivity index (χ0) is 11.8. The van der Waals surface area contributed by atoms with Crippen molar-refractivity contribution in [1.82, 2.24) is 0 Å². The van der Waals surface area contributed by atoms with E-state index >= 15 is 0 Å². The van der Waals surface area contributed by atoms with E-state index in [4.69, 9.17) is 10.3 Å². The Hall–Kier alpha value is -1.22. The van der Waals surface area contributed by atoms with E-state index in [-0.39, 0.29) is 17.6 Å². The number of nitrogens with zero attached hydrogens (tertiary/aromatic N) is 3. The molecule has 0 unspecified atom stereocenters. The number of fused-ring (bicyclic) bond motifs is 1. The van der Waals surface area contributed by atoms with E-state index in [2.05, 4.69) is 10.0 Å². The molecule has 5 nitrogen and oxygen atoms in total. The van der Waals surface area contributed by atoms with Crippen molar-refractivity contribution in [3.63, 3.8) is 0 Å². The number of ether oxygens (including phenoxy) is 1. The fourth-order valence-corrected chi connectivity index (χ4v) is 3.39. The topological polar surface area (TPSA) is 75.1 Å². The predicted octanol–water partition coefficient (Wildman–Crippen LogP) is 2.81. The molecule has 5 heteroatoms. The Morgan fingerprint density at radius 3 is 2.44 bits per heavy atom. The van der Waals surface area contributed by atoms with E-state index in [9.17, 15) is 4.79 Å². The maximum Gasteiger partial charge on any atom is 0.302 e. The van der Waals surface area contributed by atoms with Gasteiger partial charge in [0.2, 0.25) is 0 Å². The number of azide groups is 1. The largest absolute Gasteiger partial charge is 0.463 e. The molecule has 2 saturated carbocycles. The molecule has 0 heterocycles. The number of hydrogen-bond donors (Lipinski definition) is 0. The molecule has 16 heavy (non-hydrogen) atoms. The molecule has 88 valence electrons. The summed E-state index contributed by atoms with van der Waals surface area (Å²) in [7, 11) is 0. The lowest BCUT2D eigenvalue weighted by atomic mass is 9.97. The molecule has 0 saturated heterocycles. The summed E-state index contributed by atoms with van der Waals surface area (Å²) >= 11 is 0. The van der Waals surface area contributed by atoms with Gasteiger partial charge in [-0.05, 0) is 43.1 Å². The second-order valence-corrected chi connectivity index (χ2v) is 5.32. The Morgan fingerprint density at radius 2 is 2.00 bits per heavy atom. The number of carbonyl (C=O) groups is 1. The van der Waals surface area contributed by atoms with Crippen molar-refractivity contribution in [2.45, 2.75) is 51.2 Å². The summed E-state index contributed by atoms with van der Waals surface area (Å²) in [5, 5.41) is 3.90. The van der Waals surface area contributed by atoms with Crippen LogP contribution in [0.4, 0.5) is 0 Å². The quantitative estimate of drug-likeness (QED) is 0.312. The van der Waals surface area contributed by atoms with Crippen molar-refractivity contribution >= 4 is 5.97 Å². The first kappa shape index (κ1) is 11.3. The number of hydrogen-bond acceptors (Lipinski definition) is 3. The minimum atomic E-state index is -0.217. The van der Waals surface area contributed by atoms with Crippen LogP contribution >= 0.6 is 0 Å². The molecule has 0 spiro atoms. The Kier molecular flexibility index (Phi) is 2.80. The summed E-state index contributed by atoms with van der Waals surface area (Å²) in [5.41, 5.74) is 8.30. The zero-order valence-electron chi connectivity index (χ0n) is 9.72. The molecule has 2 aliphatic rings. The van der Waals surface area contributed by atoms with E-state index in [0.717, 1.165) is 25.7 Å². The highest BCUT2D eigenvalue weighted by Gasteiger charge is 2.47. The molecule has 2 rings (SSSR count). The molecule has 0 aliphatic heterocycles. The summed E-state index contributed by atoms with van der Waals surface area (Å²) < 4.78 is 5.23. The van der Waals surface area contributed by atoms with Crippen molar-refractivity contribution in [2.24, 2.45) is 17.0 Å². The highest BCUT2D eigenvalue weighted by Crippen LogP contribution is 2.50. The van der Waals surface area contributed by atoms with E-state index in [1.807, 2.05) is 6.92 Å². The average Bonchev–Trinajstić information content (AvgIpc) is 2.57. The van der Waals surface area contributed by atoms with Crippen LogP contribution in [0.15, 0.2) is 5.11 Å². The number of carbonyl (C=O) groups excluding carboxylic acids is 1. The van der Waals surface area contributed by atoms with Crippen LogP contribution in [0.3, 0.4) is 0 Å². The van der Waals surface area contributed by atoms with Gasteiger partial charge in [-0.1, -0.05) is 12.0 Å². The molecular weight excluding hydrogens is 206 g/mol. The van der Waals surface area contributed by atoms with Crippen LogP contribution in [0, 0.1) is 11.8 Å². The molecule has 0 bridgehead atoms. The maximum absolute atomic E-state index is 10.9. The molecule has 0 radical (unpaired) electrons. The van der Waals surface area contributed by atoms with E-state index < -0.39 is 0 Å². The Balaban J connectivity index is 1.95. The third kappa shape index (κ3) is 2.14. The SMILES string of the molecule is CC(=O)O[C@@H]1C[C@@H]2C[C@@](C)(N=[N+]=[N-])C[C@@H]2C1. The molecule has 2 fully saturated rings. The third-order valence-corrected chi connectivity index (χ3v) is 3.82. The minimum absolute atomic E-state index is 0.0862. The van der Waals surface area contributed by atoms with Crippen LogP contribution in [-0.4, -0.2) is 17.6 Å². The summed E-state index contributed by atoms with van der Waals surface area (Å²) in [6.45, 7) is 3.48. The first-order valence-corrected chi connectivity index (χ1v) is 5.76. The Morgan fingerprint density at radius 1 is 1.44 bits per heavy atom. The number of rotatable bonds is 2. The second-order valence-electron chi connectivity index (χ2n) is 5.32. The van der Waals surface area contributed by atoms with Crippen LogP contribution in [0.25, 0.3) is 10.4 Å². The second kappa shape index (κ2) is 3.98. The summed E-state index contributed by atoms with van der Waals surface area (Å²) in [5.74, 6) is 0.919. The smallest absolute Gasteiger partial charge is 0.302 e. The van der Waals surface area contributed by atoms with Gasteiger partial charge in [0.05, 0.1) is 0 Å². The van der Waals surface area contributed by atoms with Gasteiger partial charge in [-0.15, -0.1) is 0 Å². The highest BCUT2D eigenvalue weighted by molar-refractivity contribution is 5.66. The Labute approximate surface area is 94.8 Å². The standard InChI is InChI=1S/C11H17N3O2/c1-7(15)16-10-3-8-5-11(2,13-14-12)6-9(8)4-10/h8-10H,3-6H2,1-2H3/t8-,9+,10-,11-. The highest BCUT2D eigenvalue weighted by atomic mass is 16.5. The van der Waals surface area contributed by atoms with Gasteiger partial charge in [0.1, 0.15) is 6.10 Å². The van der Waals surface area contributed by atoms with Crippen molar-refractivity contribution in [1.29, 1.82) is 0 Å². The van der Waals surface area contributed by atoms with E-state index in [0.29, 0.717) is 11.8 Å². The van der Waals surface area contributed by atoms with Crippen molar-refractivity contribution < 1.29 is 9.53 Å². The Bertz CT molecular complexity index is 335. The minimum Gasteiger partial charge on any atom is -0.463 e. The summed E-state index contributed by atoms with van der Waals surface area (Å²) in [4.78, 5) is 13.8. The van der Waals surface area contributed by atoms with Gasteiger partial charge in [0, 0.05) is 17.4 Å². The maximum atomic E-state index is 10.9. The van der Waals surface area contributed by atoms with Gasteiger partial charge in [-0.3, -0.25) is 4.79 Å². The van der Waals surface area contributed by atoms with Gasteiger partial charge < -0.3 is 4.74 Å². The summed E-state index contributed by atoms with van der Waals surface area (Å²) in [6, 6.07) is 0. The van der Waals surface area contributed by atoms with Crippen LogP contribution in [0.2, 0.25) is 0 Å². The average molecular weight is 223 g/mol. The molecule has 4 atom stereocenters. The van der Waals surface area contributed by atoms with Gasteiger partial charge in [-0.25, -0.2) is 0 Å². The first-order chi connectivity index (χ1) is 7.52. The fourth-order valence-electron chi connectivity index (χ4n) is 3.39. The molecule has 0 amide bonds. The molecular formula is C11H17N3O2. The number of esters is 1.